The van der Waals surface area contributed by atoms with Crippen LogP contribution in [0.25, 0.3) is 0 Å². The Kier molecular flexibility index (Phi) is 9.15. The Morgan fingerprint density at radius 2 is 1.70 bits per heavy atom. The molecule has 5 heteroatoms. The van der Waals surface area contributed by atoms with Gasteiger partial charge in [0.25, 0.3) is 0 Å². The average Bonchev–Trinajstić information content (AvgIpc) is 2.53. The van der Waals surface area contributed by atoms with Gasteiger partial charge in [0.1, 0.15) is 10.8 Å². The van der Waals surface area contributed by atoms with Gasteiger partial charge in [-0.05, 0) is 32.6 Å². The zero-order valence-electron chi connectivity index (χ0n) is 14.6. The lowest BCUT2D eigenvalue weighted by Crippen LogP contribution is -2.32. The average molecular weight is 341 g/mol. The third-order valence-corrected chi connectivity index (χ3v) is 4.23. The maximum Gasteiger partial charge on any atom is 0.359 e. The molecule has 4 nitrogen and oxygen atoms in total. The van der Waals surface area contributed by atoms with Crippen LogP contribution in [0.15, 0.2) is 12.4 Å². The van der Waals surface area contributed by atoms with E-state index in [1.807, 2.05) is 6.92 Å². The van der Waals surface area contributed by atoms with Crippen LogP contribution in [-0.4, -0.2) is 21.5 Å². The van der Waals surface area contributed by atoms with Crippen molar-refractivity contribution in [3.8, 4) is 0 Å². The number of unbranched alkanes of at least 4 members (excludes halogenated alkanes) is 5. The molecule has 0 fully saturated rings. The molecular weight excluding hydrogens is 312 g/mol. The molecule has 1 rings (SSSR count). The van der Waals surface area contributed by atoms with Crippen molar-refractivity contribution >= 4 is 17.6 Å². The minimum atomic E-state index is -0.430. The van der Waals surface area contributed by atoms with Gasteiger partial charge in [-0.1, -0.05) is 57.6 Å². The normalized spacial score (nSPS) is 13.6. The first kappa shape index (κ1) is 19.9. The predicted molar refractivity (Wildman–Crippen MR) is 93.8 cm³/mol. The Morgan fingerprint density at radius 1 is 1.04 bits per heavy atom. The van der Waals surface area contributed by atoms with Crippen molar-refractivity contribution in [2.45, 2.75) is 84.2 Å². The van der Waals surface area contributed by atoms with Gasteiger partial charge in [0.05, 0.1) is 12.4 Å². The number of carbonyl (C=O) groups excluding carboxylic acids is 1. The second kappa shape index (κ2) is 10.6. The molecule has 1 heterocycles. The van der Waals surface area contributed by atoms with Crippen LogP contribution in [0.2, 0.25) is 5.15 Å². The van der Waals surface area contributed by atoms with Crippen LogP contribution in [0.3, 0.4) is 0 Å². The summed E-state index contributed by atoms with van der Waals surface area (Å²) in [7, 11) is 0. The summed E-state index contributed by atoms with van der Waals surface area (Å²) in [5, 5.41) is 0.270. The SMILES string of the molecule is CCCCCCCC(C)(CCCC)OC(=O)c1cnc(Cl)cn1. The number of hydrogen-bond donors (Lipinski definition) is 0. The molecular formula is C18H29ClN2O2. The summed E-state index contributed by atoms with van der Waals surface area (Å²) >= 11 is 5.70. The third kappa shape index (κ3) is 7.78. The van der Waals surface area contributed by atoms with Crippen LogP contribution < -0.4 is 0 Å². The first-order valence-corrected chi connectivity index (χ1v) is 9.09. The summed E-state index contributed by atoms with van der Waals surface area (Å²) in [5.74, 6) is -0.415. The largest absolute Gasteiger partial charge is 0.455 e. The summed E-state index contributed by atoms with van der Waals surface area (Å²) in [4.78, 5) is 20.2. The quantitative estimate of drug-likeness (QED) is 0.389. The number of esters is 1. The van der Waals surface area contributed by atoms with Crippen molar-refractivity contribution in [3.05, 3.63) is 23.2 Å². The Bertz CT molecular complexity index is 465. The minimum Gasteiger partial charge on any atom is -0.455 e. The molecule has 0 bridgehead atoms. The lowest BCUT2D eigenvalue weighted by atomic mass is 9.92. The second-order valence-electron chi connectivity index (χ2n) is 6.33. The number of nitrogens with zero attached hydrogens (tertiary/aromatic N) is 2. The third-order valence-electron chi connectivity index (χ3n) is 4.04. The molecule has 23 heavy (non-hydrogen) atoms. The van der Waals surface area contributed by atoms with Gasteiger partial charge in [0, 0.05) is 0 Å². The van der Waals surface area contributed by atoms with Crippen LogP contribution in [0.4, 0.5) is 0 Å². The summed E-state index contributed by atoms with van der Waals surface area (Å²) in [5.41, 5.74) is -0.219. The highest BCUT2D eigenvalue weighted by molar-refractivity contribution is 6.29. The molecule has 1 unspecified atom stereocenters. The van der Waals surface area contributed by atoms with E-state index in [4.69, 9.17) is 16.3 Å². The highest BCUT2D eigenvalue weighted by atomic mass is 35.5. The molecule has 1 atom stereocenters. The van der Waals surface area contributed by atoms with Crippen molar-refractivity contribution in [2.24, 2.45) is 0 Å². The summed E-state index contributed by atoms with van der Waals surface area (Å²) < 4.78 is 5.79. The van der Waals surface area contributed by atoms with Crippen LogP contribution in [0.1, 0.15) is 89.0 Å². The Labute approximate surface area is 145 Å². The number of hydrogen-bond acceptors (Lipinski definition) is 4. The smallest absolute Gasteiger partial charge is 0.359 e. The highest BCUT2D eigenvalue weighted by Gasteiger charge is 2.29. The van der Waals surface area contributed by atoms with E-state index in [1.54, 1.807) is 0 Å². The lowest BCUT2D eigenvalue weighted by molar-refractivity contribution is -0.0203. The maximum absolute atomic E-state index is 12.3. The molecule has 0 radical (unpaired) electrons. The van der Waals surface area contributed by atoms with E-state index in [1.165, 1.54) is 38.1 Å². The van der Waals surface area contributed by atoms with E-state index in [0.29, 0.717) is 0 Å². The molecule has 0 spiro atoms. The molecule has 0 N–H and O–H groups in total. The van der Waals surface area contributed by atoms with Crippen LogP contribution >= 0.6 is 11.6 Å². The van der Waals surface area contributed by atoms with E-state index >= 15 is 0 Å². The molecule has 0 aromatic carbocycles. The minimum absolute atomic E-state index is 0.211. The zero-order chi connectivity index (χ0) is 17.1. The summed E-state index contributed by atoms with van der Waals surface area (Å²) in [6.07, 6.45) is 12.7. The van der Waals surface area contributed by atoms with Crippen molar-refractivity contribution in [1.29, 1.82) is 0 Å². The molecule has 1 aromatic heterocycles. The van der Waals surface area contributed by atoms with Crippen molar-refractivity contribution in [1.82, 2.24) is 9.97 Å². The first-order chi connectivity index (χ1) is 11.0. The van der Waals surface area contributed by atoms with Gasteiger partial charge in [0.15, 0.2) is 5.69 Å². The maximum atomic E-state index is 12.3. The fraction of sp³-hybridized carbons (Fsp3) is 0.722. The van der Waals surface area contributed by atoms with Gasteiger partial charge in [0.2, 0.25) is 0 Å². The number of rotatable bonds is 11. The fourth-order valence-corrected chi connectivity index (χ4v) is 2.67. The predicted octanol–water partition coefficient (Wildman–Crippen LogP) is 5.60. The summed E-state index contributed by atoms with van der Waals surface area (Å²) in [6, 6.07) is 0. The first-order valence-electron chi connectivity index (χ1n) is 8.71. The molecule has 0 saturated heterocycles. The van der Waals surface area contributed by atoms with Crippen LogP contribution in [0.5, 0.6) is 0 Å². The fourth-order valence-electron chi connectivity index (χ4n) is 2.57. The van der Waals surface area contributed by atoms with Gasteiger partial charge in [-0.2, -0.15) is 0 Å². The topological polar surface area (TPSA) is 52.1 Å². The Hall–Kier alpha value is -1.16. The molecule has 0 aliphatic carbocycles. The number of carbonyl (C=O) groups is 1. The van der Waals surface area contributed by atoms with E-state index in [-0.39, 0.29) is 10.8 Å². The molecule has 1 aromatic rings. The Balaban J connectivity index is 2.60. The van der Waals surface area contributed by atoms with Crippen LogP contribution in [-0.2, 0) is 4.74 Å². The standard InChI is InChI=1S/C18H29ClN2O2/c1-4-6-8-9-10-12-18(3,11-7-5-2)23-17(22)15-13-21-16(19)14-20-15/h13-14H,4-12H2,1-3H3. The second-order valence-corrected chi connectivity index (χ2v) is 6.72. The van der Waals surface area contributed by atoms with Gasteiger partial charge >= 0.3 is 5.97 Å². The number of halogens is 1. The molecule has 130 valence electrons. The molecule has 0 aliphatic heterocycles. The number of aromatic nitrogens is 2. The van der Waals surface area contributed by atoms with Crippen molar-refractivity contribution in [3.63, 3.8) is 0 Å². The van der Waals surface area contributed by atoms with Crippen molar-refractivity contribution < 1.29 is 9.53 Å². The van der Waals surface area contributed by atoms with Gasteiger partial charge < -0.3 is 4.74 Å². The molecule has 0 amide bonds. The van der Waals surface area contributed by atoms with Gasteiger partial charge in [-0.25, -0.2) is 14.8 Å². The van der Waals surface area contributed by atoms with Crippen molar-refractivity contribution in [2.75, 3.05) is 0 Å². The monoisotopic (exact) mass is 340 g/mol. The van der Waals surface area contributed by atoms with Crippen LogP contribution in [0, 0.1) is 0 Å². The van der Waals surface area contributed by atoms with E-state index < -0.39 is 11.6 Å². The summed E-state index contributed by atoms with van der Waals surface area (Å²) in [6.45, 7) is 6.39. The van der Waals surface area contributed by atoms with E-state index in [2.05, 4.69) is 23.8 Å². The molecule has 0 saturated carbocycles. The number of ether oxygens (including phenoxy) is 1. The Morgan fingerprint density at radius 3 is 2.30 bits per heavy atom. The highest BCUT2D eigenvalue weighted by Crippen LogP contribution is 2.27. The van der Waals surface area contributed by atoms with E-state index in [0.717, 1.165) is 32.1 Å². The van der Waals surface area contributed by atoms with Gasteiger partial charge in [-0.3, -0.25) is 0 Å². The van der Waals surface area contributed by atoms with Gasteiger partial charge in [-0.15, -0.1) is 0 Å². The zero-order valence-corrected chi connectivity index (χ0v) is 15.4. The molecule has 0 aliphatic rings. The van der Waals surface area contributed by atoms with E-state index in [9.17, 15) is 4.79 Å². The lowest BCUT2D eigenvalue weighted by Gasteiger charge is -2.29.